The number of nitrogens with two attached hydrogens (primary N) is 1. The summed E-state index contributed by atoms with van der Waals surface area (Å²) >= 11 is 0. The molecule has 1 aromatic rings. The zero-order chi connectivity index (χ0) is 17.6. The third-order valence-electron chi connectivity index (χ3n) is 5.75. The highest BCUT2D eigenvalue weighted by molar-refractivity contribution is 5.72. The van der Waals surface area contributed by atoms with Crippen LogP contribution in [-0.4, -0.2) is 41.5 Å². The number of amides is 2. The summed E-state index contributed by atoms with van der Waals surface area (Å²) in [5, 5.41) is 8.89. The molecule has 0 aromatic heterocycles. The van der Waals surface area contributed by atoms with Crippen LogP contribution in [0, 0.1) is 17.2 Å². The van der Waals surface area contributed by atoms with Crippen LogP contribution in [0.4, 0.5) is 4.79 Å². The van der Waals surface area contributed by atoms with Gasteiger partial charge in [0.25, 0.3) is 0 Å². The Morgan fingerprint density at radius 1 is 1.08 bits per heavy atom. The second-order valence-corrected chi connectivity index (χ2v) is 7.37. The fourth-order valence-electron chi connectivity index (χ4n) is 4.34. The number of urea groups is 1. The summed E-state index contributed by atoms with van der Waals surface area (Å²) in [6, 6.07) is 10.1. The van der Waals surface area contributed by atoms with Crippen LogP contribution in [0.5, 0.6) is 0 Å². The molecular formula is C20H28N4O. The molecule has 0 bridgehead atoms. The predicted molar refractivity (Wildman–Crippen MR) is 97.7 cm³/mol. The Morgan fingerprint density at radius 2 is 1.80 bits per heavy atom. The first-order chi connectivity index (χ1) is 12.2. The zero-order valence-electron chi connectivity index (χ0n) is 14.9. The van der Waals surface area contributed by atoms with Crippen molar-refractivity contribution in [3.05, 3.63) is 35.4 Å². The molecule has 0 saturated carbocycles. The van der Waals surface area contributed by atoms with Crippen molar-refractivity contribution in [1.82, 2.24) is 9.80 Å². The number of hydrogen-bond acceptors (Lipinski definition) is 3. The quantitative estimate of drug-likeness (QED) is 0.919. The van der Waals surface area contributed by atoms with E-state index in [9.17, 15) is 4.79 Å². The van der Waals surface area contributed by atoms with E-state index in [2.05, 4.69) is 11.0 Å². The van der Waals surface area contributed by atoms with Crippen LogP contribution in [0.25, 0.3) is 0 Å². The second kappa shape index (κ2) is 8.35. The average molecular weight is 340 g/mol. The lowest BCUT2D eigenvalue weighted by Crippen LogP contribution is -2.49. The van der Waals surface area contributed by atoms with Gasteiger partial charge in [-0.15, -0.1) is 0 Å². The minimum absolute atomic E-state index is 0.244. The number of likely N-dealkylation sites (tertiary alicyclic amines) is 2. The molecule has 3 rings (SSSR count). The van der Waals surface area contributed by atoms with E-state index in [4.69, 9.17) is 11.0 Å². The van der Waals surface area contributed by atoms with Gasteiger partial charge in [0.1, 0.15) is 0 Å². The molecule has 1 unspecified atom stereocenters. The fourth-order valence-corrected chi connectivity index (χ4v) is 4.34. The first-order valence-corrected chi connectivity index (χ1v) is 9.45. The molecule has 2 aliphatic rings. The Balaban J connectivity index is 1.55. The van der Waals surface area contributed by atoms with E-state index < -0.39 is 0 Å². The number of hydrogen-bond donors (Lipinski definition) is 1. The molecule has 1 aromatic carbocycles. The molecular weight excluding hydrogens is 312 g/mol. The van der Waals surface area contributed by atoms with E-state index in [-0.39, 0.29) is 6.03 Å². The van der Waals surface area contributed by atoms with Gasteiger partial charge < -0.3 is 10.6 Å². The Bertz CT molecular complexity index is 614. The lowest BCUT2D eigenvalue weighted by molar-refractivity contribution is 0.101. The van der Waals surface area contributed by atoms with Gasteiger partial charge in [-0.05, 0) is 62.4 Å². The first kappa shape index (κ1) is 17.8. The Hall–Kier alpha value is -2.06. The number of carbonyl (C=O) groups excluding carboxylic acids is 1. The molecule has 2 fully saturated rings. The van der Waals surface area contributed by atoms with Crippen LogP contribution in [0.15, 0.2) is 24.3 Å². The van der Waals surface area contributed by atoms with Gasteiger partial charge in [-0.2, -0.15) is 5.26 Å². The number of benzene rings is 1. The summed E-state index contributed by atoms with van der Waals surface area (Å²) in [5.41, 5.74) is 7.61. The maximum atomic E-state index is 11.8. The largest absolute Gasteiger partial charge is 0.351 e. The van der Waals surface area contributed by atoms with Crippen molar-refractivity contribution in [3.63, 3.8) is 0 Å². The normalized spacial score (nSPS) is 23.0. The van der Waals surface area contributed by atoms with Gasteiger partial charge in [-0.25, -0.2) is 4.79 Å². The number of rotatable bonds is 3. The third-order valence-corrected chi connectivity index (χ3v) is 5.75. The smallest absolute Gasteiger partial charge is 0.315 e. The van der Waals surface area contributed by atoms with Crippen molar-refractivity contribution >= 4 is 6.03 Å². The molecule has 2 N–H and O–H groups in total. The monoisotopic (exact) mass is 340 g/mol. The molecule has 134 valence electrons. The van der Waals surface area contributed by atoms with Crippen LogP contribution >= 0.6 is 0 Å². The minimum Gasteiger partial charge on any atom is -0.351 e. The maximum absolute atomic E-state index is 11.8. The number of piperidine rings is 1. The van der Waals surface area contributed by atoms with Crippen LogP contribution in [-0.2, 0) is 6.54 Å². The predicted octanol–water partition coefficient (Wildman–Crippen LogP) is 3.09. The summed E-state index contributed by atoms with van der Waals surface area (Å²) in [7, 11) is 0. The Labute approximate surface area is 150 Å². The molecule has 2 aliphatic heterocycles. The lowest BCUT2D eigenvalue weighted by Gasteiger charge is -2.40. The summed E-state index contributed by atoms with van der Waals surface area (Å²) in [4.78, 5) is 16.2. The summed E-state index contributed by atoms with van der Waals surface area (Å²) < 4.78 is 0. The zero-order valence-corrected chi connectivity index (χ0v) is 14.9. The Kier molecular flexibility index (Phi) is 5.93. The van der Waals surface area contributed by atoms with Gasteiger partial charge in [0.15, 0.2) is 0 Å². The van der Waals surface area contributed by atoms with Crippen LogP contribution < -0.4 is 5.73 Å². The molecule has 25 heavy (non-hydrogen) atoms. The van der Waals surface area contributed by atoms with Crippen molar-refractivity contribution in [3.8, 4) is 6.07 Å². The minimum atomic E-state index is -0.244. The standard InChI is InChI=1S/C20H28N4O/c21-14-16-5-7-17(8-6-16)15-23-12-9-18(10-13-23)19-4-2-1-3-11-24(19)20(22)25/h5-8,18-19H,1-4,9-13,15H2,(H2,22,25). The van der Waals surface area contributed by atoms with Crippen LogP contribution in [0.3, 0.4) is 0 Å². The number of nitrogens with zero attached hydrogens (tertiary/aromatic N) is 3. The number of nitriles is 1. The van der Waals surface area contributed by atoms with E-state index >= 15 is 0 Å². The molecule has 5 heteroatoms. The van der Waals surface area contributed by atoms with E-state index in [1.54, 1.807) is 0 Å². The molecule has 0 spiro atoms. The number of primary amides is 1. The molecule has 2 amide bonds. The average Bonchev–Trinajstić information content (AvgIpc) is 2.89. The SMILES string of the molecule is N#Cc1ccc(CN2CCC(C3CCCCCN3C(N)=O)CC2)cc1. The first-order valence-electron chi connectivity index (χ1n) is 9.45. The van der Waals surface area contributed by atoms with Crippen LogP contribution in [0.1, 0.15) is 49.7 Å². The van der Waals surface area contributed by atoms with Gasteiger partial charge in [0, 0.05) is 19.1 Å². The maximum Gasteiger partial charge on any atom is 0.315 e. The number of carbonyl (C=O) groups is 1. The summed E-state index contributed by atoms with van der Waals surface area (Å²) in [5.74, 6) is 0.572. The third kappa shape index (κ3) is 4.52. The molecule has 5 nitrogen and oxygen atoms in total. The van der Waals surface area contributed by atoms with Gasteiger partial charge in [0.05, 0.1) is 11.6 Å². The fraction of sp³-hybridized carbons (Fsp3) is 0.600. The van der Waals surface area contributed by atoms with Crippen molar-refractivity contribution in [2.24, 2.45) is 11.7 Å². The highest BCUT2D eigenvalue weighted by Crippen LogP contribution is 2.30. The molecule has 2 heterocycles. The Morgan fingerprint density at radius 3 is 2.44 bits per heavy atom. The summed E-state index contributed by atoms with van der Waals surface area (Å²) in [6.07, 6.45) is 6.85. The molecule has 0 radical (unpaired) electrons. The van der Waals surface area contributed by atoms with E-state index in [0.29, 0.717) is 17.5 Å². The topological polar surface area (TPSA) is 73.4 Å². The van der Waals surface area contributed by atoms with Gasteiger partial charge in [-0.1, -0.05) is 25.0 Å². The summed E-state index contributed by atoms with van der Waals surface area (Å²) in [6.45, 7) is 3.88. The van der Waals surface area contributed by atoms with E-state index in [0.717, 1.165) is 51.9 Å². The highest BCUT2D eigenvalue weighted by Gasteiger charge is 2.33. The van der Waals surface area contributed by atoms with Gasteiger partial charge in [-0.3, -0.25) is 4.90 Å². The van der Waals surface area contributed by atoms with Crippen LogP contribution in [0.2, 0.25) is 0 Å². The van der Waals surface area contributed by atoms with E-state index in [1.807, 2.05) is 29.2 Å². The highest BCUT2D eigenvalue weighted by atomic mass is 16.2. The van der Waals surface area contributed by atoms with Gasteiger partial charge in [0.2, 0.25) is 0 Å². The molecule has 0 aliphatic carbocycles. The van der Waals surface area contributed by atoms with Crippen molar-refractivity contribution < 1.29 is 4.79 Å². The lowest BCUT2D eigenvalue weighted by atomic mass is 9.86. The second-order valence-electron chi connectivity index (χ2n) is 7.37. The van der Waals surface area contributed by atoms with E-state index in [1.165, 1.54) is 18.4 Å². The van der Waals surface area contributed by atoms with Crippen molar-refractivity contribution in [2.75, 3.05) is 19.6 Å². The molecule has 2 saturated heterocycles. The molecule has 1 atom stereocenters. The van der Waals surface area contributed by atoms with Gasteiger partial charge >= 0.3 is 6.03 Å². The van der Waals surface area contributed by atoms with Crippen molar-refractivity contribution in [1.29, 1.82) is 5.26 Å². The van der Waals surface area contributed by atoms with Crippen molar-refractivity contribution in [2.45, 2.75) is 51.1 Å².